The third kappa shape index (κ3) is 3.31. The van der Waals surface area contributed by atoms with Gasteiger partial charge in [-0.05, 0) is 25.0 Å². The zero-order valence-electron chi connectivity index (χ0n) is 11.4. The van der Waals surface area contributed by atoms with Gasteiger partial charge >= 0.3 is 5.97 Å². The summed E-state index contributed by atoms with van der Waals surface area (Å²) in [4.78, 5) is 15.5. The van der Waals surface area contributed by atoms with Crippen LogP contribution in [0.15, 0.2) is 18.3 Å². The van der Waals surface area contributed by atoms with E-state index in [4.69, 9.17) is 5.26 Å². The molecule has 7 nitrogen and oxygen atoms in total. The Hall–Kier alpha value is -2.14. The number of hydrogen-bond donors (Lipinski definition) is 1. The summed E-state index contributed by atoms with van der Waals surface area (Å²) in [7, 11) is -2.48. The maximum absolute atomic E-state index is 12.4. The van der Waals surface area contributed by atoms with Gasteiger partial charge in [-0.3, -0.25) is 9.52 Å². The van der Waals surface area contributed by atoms with E-state index in [1.54, 1.807) is 0 Å². The normalized spacial score (nSPS) is 21.5. The van der Waals surface area contributed by atoms with Gasteiger partial charge in [0.1, 0.15) is 11.9 Å². The van der Waals surface area contributed by atoms with E-state index in [0.717, 1.165) is 0 Å². The largest absolute Gasteiger partial charge is 0.469 e. The van der Waals surface area contributed by atoms with Crippen molar-refractivity contribution in [3.05, 3.63) is 23.9 Å². The van der Waals surface area contributed by atoms with Crippen LogP contribution in [0.4, 0.5) is 5.82 Å². The van der Waals surface area contributed by atoms with Crippen molar-refractivity contribution >= 4 is 21.8 Å². The van der Waals surface area contributed by atoms with Crippen molar-refractivity contribution in [3.8, 4) is 6.07 Å². The molecule has 0 aliphatic heterocycles. The molecular formula is C13H15N3O4S. The van der Waals surface area contributed by atoms with Gasteiger partial charge in [-0.15, -0.1) is 0 Å². The van der Waals surface area contributed by atoms with Crippen LogP contribution in [-0.2, 0) is 19.6 Å². The molecule has 2 rings (SSSR count). The molecule has 1 heterocycles. The molecule has 1 aromatic heterocycles. The van der Waals surface area contributed by atoms with Crippen molar-refractivity contribution in [3.63, 3.8) is 0 Å². The van der Waals surface area contributed by atoms with Gasteiger partial charge in [0.15, 0.2) is 0 Å². The molecule has 8 heteroatoms. The third-order valence-electron chi connectivity index (χ3n) is 3.49. The van der Waals surface area contributed by atoms with Crippen molar-refractivity contribution in [1.82, 2.24) is 4.98 Å². The summed E-state index contributed by atoms with van der Waals surface area (Å²) >= 11 is 0. The Balaban J connectivity index is 2.17. The number of esters is 1. The first-order valence-corrected chi connectivity index (χ1v) is 7.98. The number of pyridine rings is 1. The SMILES string of the molecule is COC(=O)C1CCCC1S(=O)(=O)Nc1ccc(C#N)cn1. The molecule has 1 fully saturated rings. The fourth-order valence-electron chi connectivity index (χ4n) is 2.46. The van der Waals surface area contributed by atoms with E-state index in [1.165, 1.54) is 25.4 Å². The molecule has 0 aromatic carbocycles. The minimum Gasteiger partial charge on any atom is -0.469 e. The number of ether oxygens (including phenoxy) is 1. The van der Waals surface area contributed by atoms with Crippen molar-refractivity contribution in [1.29, 1.82) is 5.26 Å². The number of nitrogens with zero attached hydrogens (tertiary/aromatic N) is 2. The lowest BCUT2D eigenvalue weighted by molar-refractivity contribution is -0.145. The Morgan fingerprint density at radius 3 is 2.81 bits per heavy atom. The smallest absolute Gasteiger partial charge is 0.310 e. The van der Waals surface area contributed by atoms with Crippen molar-refractivity contribution in [2.75, 3.05) is 11.8 Å². The quantitative estimate of drug-likeness (QED) is 0.832. The molecule has 1 aliphatic carbocycles. The summed E-state index contributed by atoms with van der Waals surface area (Å²) in [5.74, 6) is -1.02. The maximum atomic E-state index is 12.4. The highest BCUT2D eigenvalue weighted by molar-refractivity contribution is 7.93. The number of hydrogen-bond acceptors (Lipinski definition) is 6. The lowest BCUT2D eigenvalue weighted by Gasteiger charge is -2.18. The molecule has 1 N–H and O–H groups in total. The number of aromatic nitrogens is 1. The second-order valence-corrected chi connectivity index (χ2v) is 6.69. The molecule has 0 amide bonds. The number of carbonyl (C=O) groups excluding carboxylic acids is 1. The van der Waals surface area contributed by atoms with Gasteiger partial charge in [-0.2, -0.15) is 5.26 Å². The fraction of sp³-hybridized carbons (Fsp3) is 0.462. The van der Waals surface area contributed by atoms with E-state index in [0.29, 0.717) is 24.8 Å². The molecule has 1 aromatic rings. The number of nitriles is 1. The lowest BCUT2D eigenvalue weighted by atomic mass is 10.1. The van der Waals surface area contributed by atoms with Gasteiger partial charge in [-0.1, -0.05) is 6.42 Å². The molecule has 0 radical (unpaired) electrons. The number of anilines is 1. The van der Waals surface area contributed by atoms with E-state index in [-0.39, 0.29) is 5.82 Å². The van der Waals surface area contributed by atoms with Crippen molar-refractivity contribution in [2.24, 2.45) is 5.92 Å². The second kappa shape index (κ2) is 6.10. The summed E-state index contributed by atoms with van der Waals surface area (Å²) < 4.78 is 31.7. The molecule has 0 bridgehead atoms. The molecule has 2 unspecified atom stereocenters. The fourth-order valence-corrected chi connectivity index (χ4v) is 4.18. The minimum atomic E-state index is -3.73. The molecule has 2 atom stereocenters. The second-order valence-electron chi connectivity index (χ2n) is 4.79. The number of sulfonamides is 1. The van der Waals surface area contributed by atoms with Gasteiger partial charge in [0, 0.05) is 6.20 Å². The summed E-state index contributed by atoms with van der Waals surface area (Å²) in [5, 5.41) is 7.86. The Morgan fingerprint density at radius 1 is 1.48 bits per heavy atom. The monoisotopic (exact) mass is 309 g/mol. The highest BCUT2D eigenvalue weighted by atomic mass is 32.2. The van der Waals surface area contributed by atoms with Gasteiger partial charge in [-0.25, -0.2) is 13.4 Å². The average Bonchev–Trinajstić information content (AvgIpc) is 2.97. The van der Waals surface area contributed by atoms with E-state index in [2.05, 4.69) is 14.4 Å². The average molecular weight is 309 g/mol. The van der Waals surface area contributed by atoms with E-state index < -0.39 is 27.2 Å². The van der Waals surface area contributed by atoms with Crippen LogP contribution in [0.5, 0.6) is 0 Å². The predicted octanol–water partition coefficient (Wildman–Crippen LogP) is 1.04. The highest BCUT2D eigenvalue weighted by Gasteiger charge is 2.42. The lowest BCUT2D eigenvalue weighted by Crippen LogP contribution is -2.35. The molecule has 1 aliphatic rings. The third-order valence-corrected chi connectivity index (χ3v) is 5.35. The van der Waals surface area contributed by atoms with Crippen LogP contribution in [0.25, 0.3) is 0 Å². The predicted molar refractivity (Wildman–Crippen MR) is 74.6 cm³/mol. The Kier molecular flexibility index (Phi) is 4.43. The Bertz CT molecular complexity index is 664. The van der Waals surface area contributed by atoms with Gasteiger partial charge in [0.2, 0.25) is 10.0 Å². The topological polar surface area (TPSA) is 109 Å². The molecule has 21 heavy (non-hydrogen) atoms. The maximum Gasteiger partial charge on any atom is 0.310 e. The Labute approximate surface area is 123 Å². The summed E-state index contributed by atoms with van der Waals surface area (Å²) in [6.07, 6.45) is 2.85. The van der Waals surface area contributed by atoms with Gasteiger partial charge in [0.05, 0.1) is 23.8 Å². The molecule has 0 spiro atoms. The van der Waals surface area contributed by atoms with E-state index >= 15 is 0 Å². The number of rotatable bonds is 4. The van der Waals surface area contributed by atoms with Crippen LogP contribution in [0.3, 0.4) is 0 Å². The zero-order chi connectivity index (χ0) is 15.5. The minimum absolute atomic E-state index is 0.129. The standard InChI is InChI=1S/C13H15N3O4S/c1-20-13(17)10-3-2-4-11(10)21(18,19)16-12-6-5-9(7-14)8-15-12/h5-6,8,10-11H,2-4H2,1H3,(H,15,16). The number of methoxy groups -OCH3 is 1. The molecule has 1 saturated carbocycles. The molecular weight excluding hydrogens is 294 g/mol. The van der Waals surface area contributed by atoms with Gasteiger partial charge in [0.25, 0.3) is 0 Å². The number of carbonyl (C=O) groups is 1. The van der Waals surface area contributed by atoms with E-state index in [9.17, 15) is 13.2 Å². The van der Waals surface area contributed by atoms with Gasteiger partial charge < -0.3 is 4.74 Å². The Morgan fingerprint density at radius 2 is 2.24 bits per heavy atom. The van der Waals surface area contributed by atoms with Crippen LogP contribution in [-0.4, -0.2) is 31.7 Å². The first kappa shape index (κ1) is 15.3. The summed E-state index contributed by atoms with van der Waals surface area (Å²) in [5.41, 5.74) is 0.339. The molecule has 0 saturated heterocycles. The summed E-state index contributed by atoms with van der Waals surface area (Å²) in [6, 6.07) is 4.79. The van der Waals surface area contributed by atoms with Crippen LogP contribution in [0, 0.1) is 17.2 Å². The van der Waals surface area contributed by atoms with Crippen molar-refractivity contribution in [2.45, 2.75) is 24.5 Å². The molecule has 112 valence electrons. The van der Waals surface area contributed by atoms with Crippen LogP contribution in [0.1, 0.15) is 24.8 Å². The number of nitrogens with one attached hydrogen (secondary N) is 1. The van der Waals surface area contributed by atoms with E-state index in [1.807, 2.05) is 6.07 Å². The zero-order valence-corrected chi connectivity index (χ0v) is 12.3. The van der Waals surface area contributed by atoms with Crippen LogP contribution in [0.2, 0.25) is 0 Å². The first-order valence-electron chi connectivity index (χ1n) is 6.43. The highest BCUT2D eigenvalue weighted by Crippen LogP contribution is 2.32. The van der Waals surface area contributed by atoms with Crippen LogP contribution >= 0.6 is 0 Å². The van der Waals surface area contributed by atoms with Crippen LogP contribution < -0.4 is 4.72 Å². The first-order chi connectivity index (χ1) is 9.97. The summed E-state index contributed by atoms with van der Waals surface area (Å²) in [6.45, 7) is 0. The van der Waals surface area contributed by atoms with Crippen molar-refractivity contribution < 1.29 is 17.9 Å².